The van der Waals surface area contributed by atoms with Crippen molar-refractivity contribution < 1.29 is 4.43 Å². The topological polar surface area (TPSA) is 33.0 Å². The molecule has 11 heavy (non-hydrogen) atoms. The van der Waals surface area contributed by atoms with Gasteiger partial charge in [0.25, 0.3) is 0 Å². The summed E-state index contributed by atoms with van der Waals surface area (Å²) in [6.45, 7) is 10.1. The van der Waals surface area contributed by atoms with Crippen LogP contribution >= 0.6 is 0 Å². The van der Waals surface area contributed by atoms with Crippen molar-refractivity contribution in [3.8, 4) is 6.07 Å². The molecule has 1 unspecified atom stereocenters. The molecule has 0 N–H and O–H groups in total. The molecule has 0 rings (SSSR count). The highest BCUT2D eigenvalue weighted by Gasteiger charge is 2.29. The van der Waals surface area contributed by atoms with Crippen molar-refractivity contribution in [3.05, 3.63) is 0 Å². The van der Waals surface area contributed by atoms with E-state index in [1.54, 1.807) is 0 Å². The minimum Gasteiger partial charge on any atom is -0.400 e. The molecule has 0 aliphatic carbocycles. The van der Waals surface area contributed by atoms with E-state index in [1.165, 1.54) is 0 Å². The van der Waals surface area contributed by atoms with Gasteiger partial charge >= 0.3 is 0 Å². The van der Waals surface area contributed by atoms with Gasteiger partial charge in [-0.1, -0.05) is 6.92 Å². The van der Waals surface area contributed by atoms with E-state index in [1.807, 2.05) is 13.8 Å². The van der Waals surface area contributed by atoms with E-state index in [0.717, 1.165) is 6.42 Å². The molecule has 0 saturated carbocycles. The van der Waals surface area contributed by atoms with Gasteiger partial charge in [-0.15, -0.1) is 0 Å². The lowest BCUT2D eigenvalue weighted by atomic mass is 10.1. The van der Waals surface area contributed by atoms with Crippen molar-refractivity contribution in [2.75, 3.05) is 0 Å². The van der Waals surface area contributed by atoms with Gasteiger partial charge < -0.3 is 4.43 Å². The Labute approximate surface area is 70.3 Å². The molecule has 0 radical (unpaired) electrons. The summed E-state index contributed by atoms with van der Waals surface area (Å²) >= 11 is 0. The standard InChI is InChI=1S/C8H17NOSi/c1-6-8(2,7-9)10-11(3,4)5/h6H2,1-5H3. The lowest BCUT2D eigenvalue weighted by Crippen LogP contribution is -2.38. The first-order valence-corrected chi connectivity index (χ1v) is 7.35. The van der Waals surface area contributed by atoms with Crippen LogP contribution < -0.4 is 0 Å². The van der Waals surface area contributed by atoms with Crippen LogP contribution in [0.15, 0.2) is 0 Å². The minimum absolute atomic E-state index is 0.565. The molecular weight excluding hydrogens is 154 g/mol. The van der Waals surface area contributed by atoms with Crippen molar-refractivity contribution in [2.45, 2.75) is 45.5 Å². The second kappa shape index (κ2) is 3.38. The number of hydrogen-bond donors (Lipinski definition) is 0. The third-order valence-electron chi connectivity index (χ3n) is 1.44. The predicted octanol–water partition coefficient (Wildman–Crippen LogP) is 2.53. The van der Waals surface area contributed by atoms with Crippen molar-refractivity contribution in [1.82, 2.24) is 0 Å². The van der Waals surface area contributed by atoms with Gasteiger partial charge in [0.05, 0.1) is 6.07 Å². The van der Waals surface area contributed by atoms with E-state index >= 15 is 0 Å². The molecule has 0 fully saturated rings. The number of rotatable bonds is 3. The fraction of sp³-hybridized carbons (Fsp3) is 0.875. The Bertz CT molecular complexity index is 168. The summed E-state index contributed by atoms with van der Waals surface area (Å²) in [6.07, 6.45) is 0.758. The molecule has 64 valence electrons. The molecule has 0 aliphatic heterocycles. The Kier molecular flexibility index (Phi) is 3.27. The van der Waals surface area contributed by atoms with Gasteiger partial charge in [0.1, 0.15) is 5.60 Å². The van der Waals surface area contributed by atoms with Gasteiger partial charge in [0.2, 0.25) is 0 Å². The summed E-state index contributed by atoms with van der Waals surface area (Å²) in [4.78, 5) is 0. The summed E-state index contributed by atoms with van der Waals surface area (Å²) < 4.78 is 5.70. The normalized spacial score (nSPS) is 17.1. The van der Waals surface area contributed by atoms with E-state index in [4.69, 9.17) is 9.69 Å². The zero-order valence-corrected chi connectivity index (χ0v) is 9.06. The third-order valence-corrected chi connectivity index (χ3v) is 2.51. The monoisotopic (exact) mass is 171 g/mol. The van der Waals surface area contributed by atoms with Crippen LogP contribution in [0.4, 0.5) is 0 Å². The van der Waals surface area contributed by atoms with E-state index in [-0.39, 0.29) is 0 Å². The van der Waals surface area contributed by atoms with Crippen LogP contribution in [0, 0.1) is 11.3 Å². The van der Waals surface area contributed by atoms with Crippen LogP contribution in [-0.2, 0) is 4.43 Å². The molecule has 0 heterocycles. The first kappa shape index (κ1) is 10.7. The van der Waals surface area contributed by atoms with Gasteiger partial charge in [-0.05, 0) is 33.0 Å². The van der Waals surface area contributed by atoms with Gasteiger partial charge in [-0.25, -0.2) is 0 Å². The quantitative estimate of drug-likeness (QED) is 0.611. The van der Waals surface area contributed by atoms with E-state index < -0.39 is 13.9 Å². The zero-order valence-electron chi connectivity index (χ0n) is 8.06. The van der Waals surface area contributed by atoms with Crippen LogP contribution in [0.5, 0.6) is 0 Å². The largest absolute Gasteiger partial charge is 0.400 e. The molecule has 2 nitrogen and oxygen atoms in total. The molecule has 0 aromatic rings. The maximum atomic E-state index is 8.80. The average molecular weight is 171 g/mol. The zero-order chi connectivity index (χ0) is 9.12. The van der Waals surface area contributed by atoms with Crippen molar-refractivity contribution >= 4 is 8.32 Å². The van der Waals surface area contributed by atoms with Gasteiger partial charge in [0, 0.05) is 0 Å². The minimum atomic E-state index is -1.56. The van der Waals surface area contributed by atoms with E-state index in [9.17, 15) is 0 Å². The van der Waals surface area contributed by atoms with Gasteiger partial charge in [0.15, 0.2) is 8.32 Å². The highest BCUT2D eigenvalue weighted by molar-refractivity contribution is 6.69. The summed E-state index contributed by atoms with van der Waals surface area (Å²) in [5.41, 5.74) is -0.565. The van der Waals surface area contributed by atoms with Crippen molar-refractivity contribution in [2.24, 2.45) is 0 Å². The fourth-order valence-electron chi connectivity index (χ4n) is 0.850. The second-order valence-electron chi connectivity index (χ2n) is 3.91. The SMILES string of the molecule is CCC(C)(C#N)O[Si](C)(C)C. The first-order chi connectivity index (χ1) is 4.83. The number of nitriles is 1. The second-order valence-corrected chi connectivity index (χ2v) is 8.34. The van der Waals surface area contributed by atoms with Crippen LogP contribution in [-0.4, -0.2) is 13.9 Å². The van der Waals surface area contributed by atoms with E-state index in [0.29, 0.717) is 0 Å². The Morgan fingerprint density at radius 1 is 1.45 bits per heavy atom. The molecule has 0 saturated heterocycles. The Hall–Kier alpha value is -0.333. The van der Waals surface area contributed by atoms with Crippen LogP contribution in [0.3, 0.4) is 0 Å². The summed E-state index contributed by atoms with van der Waals surface area (Å²) in [7, 11) is -1.56. The Balaban J connectivity index is 4.23. The Morgan fingerprint density at radius 3 is 2.00 bits per heavy atom. The number of hydrogen-bond acceptors (Lipinski definition) is 2. The third kappa shape index (κ3) is 4.17. The molecule has 0 aromatic carbocycles. The number of nitrogens with zero attached hydrogens (tertiary/aromatic N) is 1. The molecular formula is C8H17NOSi. The molecule has 0 spiro atoms. The van der Waals surface area contributed by atoms with Crippen molar-refractivity contribution in [3.63, 3.8) is 0 Å². The summed E-state index contributed by atoms with van der Waals surface area (Å²) in [6, 6.07) is 2.20. The van der Waals surface area contributed by atoms with Gasteiger partial charge in [-0.2, -0.15) is 5.26 Å². The lowest BCUT2D eigenvalue weighted by Gasteiger charge is -2.29. The highest BCUT2D eigenvalue weighted by atomic mass is 28.4. The van der Waals surface area contributed by atoms with Crippen LogP contribution in [0.1, 0.15) is 20.3 Å². The fourth-order valence-corrected chi connectivity index (χ4v) is 2.39. The van der Waals surface area contributed by atoms with Gasteiger partial charge in [-0.3, -0.25) is 0 Å². The maximum Gasteiger partial charge on any atom is 0.185 e. The van der Waals surface area contributed by atoms with Crippen LogP contribution in [0.25, 0.3) is 0 Å². The maximum absolute atomic E-state index is 8.80. The molecule has 0 amide bonds. The van der Waals surface area contributed by atoms with Crippen molar-refractivity contribution in [1.29, 1.82) is 5.26 Å². The summed E-state index contributed by atoms with van der Waals surface area (Å²) in [5.74, 6) is 0. The van der Waals surface area contributed by atoms with Crippen LogP contribution in [0.2, 0.25) is 19.6 Å². The lowest BCUT2D eigenvalue weighted by molar-refractivity contribution is 0.136. The van der Waals surface area contributed by atoms with E-state index in [2.05, 4.69) is 25.7 Å². The highest BCUT2D eigenvalue weighted by Crippen LogP contribution is 2.19. The molecule has 1 atom stereocenters. The molecule has 3 heteroatoms. The average Bonchev–Trinajstić information content (AvgIpc) is 1.84. The molecule has 0 aliphatic rings. The summed E-state index contributed by atoms with van der Waals surface area (Å²) in [5, 5.41) is 8.80. The predicted molar refractivity (Wildman–Crippen MR) is 48.7 cm³/mol. The first-order valence-electron chi connectivity index (χ1n) is 3.94. The smallest absolute Gasteiger partial charge is 0.185 e. The molecule has 0 aromatic heterocycles. The molecule has 0 bridgehead atoms. The Morgan fingerprint density at radius 2 is 1.91 bits per heavy atom.